The second-order valence-electron chi connectivity index (χ2n) is 12.4. The summed E-state index contributed by atoms with van der Waals surface area (Å²) in [6, 6.07) is 0. The molecule has 4 aliphatic rings. The largest absolute Gasteiger partial charge is 0.413 e. The van der Waals surface area contributed by atoms with Crippen LogP contribution in [-0.4, -0.2) is 26.4 Å². The minimum absolute atomic E-state index is 0.0456. The Kier molecular flexibility index (Phi) is 5.26. The Morgan fingerprint density at radius 3 is 2.52 bits per heavy atom. The van der Waals surface area contributed by atoms with Crippen molar-refractivity contribution in [2.45, 2.75) is 104 Å². The maximum atomic E-state index is 15.9. The number of carbonyl (C=O) groups excluding carboxylic acids is 1. The molecule has 0 aliphatic heterocycles. The monoisotopic (exact) mass is 420 g/mol. The molecule has 8 atom stereocenters. The van der Waals surface area contributed by atoms with E-state index in [1.807, 2.05) is 6.08 Å². The molecule has 4 aliphatic carbocycles. The van der Waals surface area contributed by atoms with Gasteiger partial charge in [0.2, 0.25) is 0 Å². The topological polar surface area (TPSA) is 26.3 Å². The molecule has 0 aromatic heterocycles. The van der Waals surface area contributed by atoms with Crippen molar-refractivity contribution in [1.29, 1.82) is 0 Å². The number of allylic oxidation sites excluding steroid dienone is 1. The molecule has 0 spiro atoms. The maximum absolute atomic E-state index is 15.9. The van der Waals surface area contributed by atoms with Crippen LogP contribution in [0.4, 0.5) is 4.39 Å². The molecule has 0 aromatic rings. The molecule has 0 N–H and O–H groups in total. The van der Waals surface area contributed by atoms with Crippen LogP contribution in [-0.2, 0) is 9.22 Å². The zero-order valence-corrected chi connectivity index (χ0v) is 20.6. The highest BCUT2D eigenvalue weighted by Gasteiger charge is 2.62. The van der Waals surface area contributed by atoms with Crippen LogP contribution < -0.4 is 0 Å². The number of ketones is 1. The normalized spacial score (nSPS) is 45.3. The quantitative estimate of drug-likeness (QED) is 0.464. The third-order valence-electron chi connectivity index (χ3n) is 9.73. The Bertz CT molecular complexity index is 708. The van der Waals surface area contributed by atoms with Crippen molar-refractivity contribution >= 4 is 14.1 Å². The van der Waals surface area contributed by atoms with E-state index in [1.54, 1.807) is 0 Å². The van der Waals surface area contributed by atoms with Gasteiger partial charge in [0.15, 0.2) is 14.1 Å². The van der Waals surface area contributed by atoms with Crippen molar-refractivity contribution in [1.82, 2.24) is 0 Å². The van der Waals surface area contributed by atoms with E-state index >= 15 is 4.39 Å². The lowest BCUT2D eigenvalue weighted by atomic mass is 9.49. The van der Waals surface area contributed by atoms with Gasteiger partial charge in [-0.25, -0.2) is 4.39 Å². The summed E-state index contributed by atoms with van der Waals surface area (Å²) in [6.45, 7) is 16.2. The van der Waals surface area contributed by atoms with Crippen LogP contribution in [0.15, 0.2) is 11.6 Å². The third kappa shape index (κ3) is 3.41. The zero-order chi connectivity index (χ0) is 21.4. The third-order valence-corrected chi connectivity index (χ3v) is 14.2. The summed E-state index contributed by atoms with van der Waals surface area (Å²) in [5, 5.41) is 0.181. The van der Waals surface area contributed by atoms with Crippen LogP contribution in [0.2, 0.25) is 18.1 Å². The highest BCUT2D eigenvalue weighted by Crippen LogP contribution is 2.64. The average molecular weight is 421 g/mol. The van der Waals surface area contributed by atoms with Gasteiger partial charge in [0, 0.05) is 12.3 Å². The molecular weight excluding hydrogens is 379 g/mol. The molecule has 2 nitrogen and oxygen atoms in total. The number of rotatable bonds is 2. The smallest absolute Gasteiger partial charge is 0.192 e. The maximum Gasteiger partial charge on any atom is 0.192 e. The summed E-state index contributed by atoms with van der Waals surface area (Å²) in [7, 11) is -1.88. The predicted octanol–water partition coefficient (Wildman–Crippen LogP) is 6.71. The van der Waals surface area contributed by atoms with Crippen LogP contribution >= 0.6 is 0 Å². The number of carbonyl (C=O) groups is 1. The Labute approximate surface area is 178 Å². The van der Waals surface area contributed by atoms with Crippen molar-refractivity contribution in [3.8, 4) is 0 Å². The lowest BCUT2D eigenvalue weighted by Crippen LogP contribution is -2.56. The van der Waals surface area contributed by atoms with Gasteiger partial charge < -0.3 is 4.43 Å². The Balaban J connectivity index is 1.63. The number of alkyl halides is 1. The van der Waals surface area contributed by atoms with E-state index in [2.05, 4.69) is 47.7 Å². The molecule has 4 rings (SSSR count). The molecule has 0 amide bonds. The molecule has 0 radical (unpaired) electrons. The lowest BCUT2D eigenvalue weighted by molar-refractivity contribution is -0.120. The number of hydrogen-bond donors (Lipinski definition) is 0. The lowest BCUT2D eigenvalue weighted by Gasteiger charge is -2.57. The van der Waals surface area contributed by atoms with E-state index in [9.17, 15) is 4.79 Å². The van der Waals surface area contributed by atoms with Gasteiger partial charge in [-0.1, -0.05) is 40.2 Å². The number of fused-ring (bicyclic) bond motifs is 5. The standard InChI is InChI=1S/C25H41FO2Si/c1-15-12-16-13-17(27)8-9-18(16)23-20(26)14-25(5)19(22(15)23)10-11-21(25)28-29(6,7)24(2,3)4/h13,15,18-23H,8-12,14H2,1-7H3/t15?,18-,19-,20?,21?,22-,23-,25-/m0/s1. The highest BCUT2D eigenvalue weighted by molar-refractivity contribution is 6.74. The first-order chi connectivity index (χ1) is 13.3. The van der Waals surface area contributed by atoms with Crippen LogP contribution in [0.5, 0.6) is 0 Å². The van der Waals surface area contributed by atoms with Gasteiger partial charge >= 0.3 is 0 Å². The van der Waals surface area contributed by atoms with Crippen molar-refractivity contribution < 1.29 is 13.6 Å². The fraction of sp³-hybridized carbons (Fsp3) is 0.880. The minimum Gasteiger partial charge on any atom is -0.413 e. The second kappa shape index (κ2) is 7.02. The van der Waals surface area contributed by atoms with Gasteiger partial charge in [-0.3, -0.25) is 4.79 Å². The predicted molar refractivity (Wildman–Crippen MR) is 119 cm³/mol. The Morgan fingerprint density at radius 2 is 1.86 bits per heavy atom. The van der Waals surface area contributed by atoms with Gasteiger partial charge in [-0.05, 0) is 85.4 Å². The number of halogens is 1. The Hall–Kier alpha value is -0.483. The summed E-state index contributed by atoms with van der Waals surface area (Å²) in [5.41, 5.74) is 1.21. The Morgan fingerprint density at radius 1 is 1.17 bits per heavy atom. The van der Waals surface area contributed by atoms with E-state index in [4.69, 9.17) is 4.43 Å². The van der Waals surface area contributed by atoms with Gasteiger partial charge in [0.25, 0.3) is 0 Å². The molecule has 3 unspecified atom stereocenters. The first-order valence-corrected chi connectivity index (χ1v) is 14.8. The molecule has 4 heteroatoms. The van der Waals surface area contributed by atoms with E-state index in [0.29, 0.717) is 36.5 Å². The van der Waals surface area contributed by atoms with Crippen molar-refractivity contribution in [3.05, 3.63) is 11.6 Å². The van der Waals surface area contributed by atoms with E-state index in [1.165, 1.54) is 12.0 Å². The van der Waals surface area contributed by atoms with Gasteiger partial charge in [0.05, 0.1) is 6.10 Å². The van der Waals surface area contributed by atoms with Crippen molar-refractivity contribution in [3.63, 3.8) is 0 Å². The summed E-state index contributed by atoms with van der Waals surface area (Å²) < 4.78 is 22.9. The van der Waals surface area contributed by atoms with Crippen LogP contribution in [0.25, 0.3) is 0 Å². The van der Waals surface area contributed by atoms with Gasteiger partial charge in [-0.2, -0.15) is 0 Å². The van der Waals surface area contributed by atoms with Crippen molar-refractivity contribution in [2.24, 2.45) is 35.0 Å². The molecule has 3 fully saturated rings. The SMILES string of the molecule is CC1CC2=CC(=O)CC[C@@H]2[C@H]2C(F)C[C@]3(C)C(O[Si](C)(C)C(C)(C)C)CC[C@H]3[C@H]12. The molecule has 0 bridgehead atoms. The molecule has 0 heterocycles. The van der Waals surface area contributed by atoms with E-state index in [-0.39, 0.29) is 28.3 Å². The van der Waals surface area contributed by atoms with Gasteiger partial charge in [0.1, 0.15) is 6.17 Å². The van der Waals surface area contributed by atoms with Gasteiger partial charge in [-0.15, -0.1) is 0 Å². The molecule has 0 saturated heterocycles. The molecule has 3 saturated carbocycles. The van der Waals surface area contributed by atoms with Crippen LogP contribution in [0.1, 0.15) is 73.1 Å². The minimum atomic E-state index is -1.88. The summed E-state index contributed by atoms with van der Waals surface area (Å²) >= 11 is 0. The fourth-order valence-corrected chi connectivity index (χ4v) is 8.71. The fourth-order valence-electron chi connectivity index (χ4n) is 7.26. The summed E-state index contributed by atoms with van der Waals surface area (Å²) in [4.78, 5) is 12.0. The molecule has 164 valence electrons. The molecule has 29 heavy (non-hydrogen) atoms. The van der Waals surface area contributed by atoms with Crippen LogP contribution in [0, 0.1) is 35.0 Å². The summed E-state index contributed by atoms with van der Waals surface area (Å²) in [6.07, 6.45) is 6.68. The van der Waals surface area contributed by atoms with Crippen LogP contribution in [0.3, 0.4) is 0 Å². The van der Waals surface area contributed by atoms with Crippen molar-refractivity contribution in [2.75, 3.05) is 0 Å². The first kappa shape index (κ1) is 21.7. The molecule has 0 aromatic carbocycles. The zero-order valence-electron chi connectivity index (χ0n) is 19.6. The highest BCUT2D eigenvalue weighted by atomic mass is 28.4. The molecular formula is C25H41FO2Si. The summed E-state index contributed by atoms with van der Waals surface area (Å²) in [5.74, 6) is 2.12. The van der Waals surface area contributed by atoms with E-state index in [0.717, 1.165) is 19.3 Å². The average Bonchev–Trinajstić information content (AvgIpc) is 2.88. The number of hydrogen-bond acceptors (Lipinski definition) is 2. The first-order valence-electron chi connectivity index (χ1n) is 11.9. The second-order valence-corrected chi connectivity index (χ2v) is 17.2. The van der Waals surface area contributed by atoms with E-state index < -0.39 is 14.5 Å².